The molecule has 6 aliphatic rings. The molecule has 0 amide bonds. The summed E-state index contributed by atoms with van der Waals surface area (Å²) in [5.74, 6) is 1.83. The number of anilines is 12. The highest BCUT2D eigenvalue weighted by molar-refractivity contribution is 6.26. The van der Waals surface area contributed by atoms with Crippen molar-refractivity contribution in [3.63, 3.8) is 0 Å². The molecule has 0 unspecified atom stereocenters. The van der Waals surface area contributed by atoms with Gasteiger partial charge in [0.25, 0.3) is 0 Å². The molecule has 0 fully saturated rings. The first-order valence-electron chi connectivity index (χ1n) is 52.0. The zero-order valence-corrected chi connectivity index (χ0v) is 83.4. The average Bonchev–Trinajstić information content (AvgIpc) is 1.50. The molecule has 0 atom stereocenters. The van der Waals surface area contributed by atoms with Crippen molar-refractivity contribution in [1.82, 2.24) is 37.8 Å². The summed E-state index contributed by atoms with van der Waals surface area (Å²) in [6.07, 6.45) is 0. The van der Waals surface area contributed by atoms with Crippen LogP contribution >= 0.6 is 0 Å². The molecule has 0 spiro atoms. The molecule has 12 nitrogen and oxygen atoms in total. The Bertz CT molecular complexity index is 9850. The molecular formula is C138H96N12. The van der Waals surface area contributed by atoms with Gasteiger partial charge >= 0.3 is 0 Å². The van der Waals surface area contributed by atoms with Gasteiger partial charge < -0.3 is 37.5 Å². The summed E-state index contributed by atoms with van der Waals surface area (Å²) in [6.45, 7) is 14.4. The van der Waals surface area contributed by atoms with Crippen molar-refractivity contribution in [3.8, 4) is 73.5 Å². The van der Waals surface area contributed by atoms with Gasteiger partial charge in [-0.1, -0.05) is 381 Å². The quantitative estimate of drug-likeness (QED) is 0.150. The largest absolute Gasteiger partial charge is 0.310 e. The van der Waals surface area contributed by atoms with Gasteiger partial charge in [0.05, 0.1) is 129 Å². The van der Waals surface area contributed by atoms with Crippen LogP contribution in [0.15, 0.2) is 473 Å². The normalized spacial score (nSPS) is 14.0. The van der Waals surface area contributed by atoms with Crippen LogP contribution in [0.1, 0.15) is 74.9 Å². The SMILES string of the molecule is CC1(C)c2c(cc3c4c2c2ccccc2n4-c2ccccc2N3c2cc(-c3ccccc3)cc(-c3ccccc3)c2)-n2c3ccccc3c3cccc1c32.CC1(C)c2c(cc3c4c2c2ccccc2n4-c2ccccc2N3c2nc(-c3ccccc3)nc(-c3ccccc3)n2)-n2c3ccccc3c3cccc1c32.CC1(C)c2ccccc2N(c2ccccc2)c2cc3c4c(c21)c1ccccc1n4-c1ccccc1N3c1ccccc1. The maximum absolute atomic E-state index is 5.31. The van der Waals surface area contributed by atoms with Gasteiger partial charge in [0.1, 0.15) is 0 Å². The molecule has 12 heterocycles. The van der Waals surface area contributed by atoms with Crippen molar-refractivity contribution >= 4 is 178 Å². The van der Waals surface area contributed by atoms with Crippen LogP contribution in [0.4, 0.5) is 68.5 Å². The minimum Gasteiger partial charge on any atom is -0.310 e. The van der Waals surface area contributed by atoms with Crippen molar-refractivity contribution < 1.29 is 0 Å². The number of hydrogen-bond donors (Lipinski definition) is 0. The van der Waals surface area contributed by atoms with Crippen molar-refractivity contribution in [3.05, 3.63) is 507 Å². The fraction of sp³-hybridized carbons (Fsp3) is 0.0652. The van der Waals surface area contributed by atoms with E-state index >= 15 is 0 Å². The summed E-state index contributed by atoms with van der Waals surface area (Å²) in [5.41, 5.74) is 44.9. The first kappa shape index (κ1) is 85.3. The highest BCUT2D eigenvalue weighted by atomic mass is 15.3. The molecule has 0 N–H and O–H groups in total. The molecule has 21 aromatic carbocycles. The van der Waals surface area contributed by atoms with E-state index in [0.717, 1.165) is 50.8 Å². The lowest BCUT2D eigenvalue weighted by Gasteiger charge is -2.44. The minimum atomic E-state index is -0.303. The van der Waals surface area contributed by atoms with Crippen LogP contribution in [-0.4, -0.2) is 37.8 Å². The Hall–Kier alpha value is -19.2. The number of rotatable bonds is 8. The molecule has 12 heteroatoms. The van der Waals surface area contributed by atoms with E-state index < -0.39 is 0 Å². The van der Waals surface area contributed by atoms with Gasteiger partial charge in [-0.25, -0.2) is 4.98 Å². The molecule has 27 aromatic rings. The maximum Gasteiger partial charge on any atom is 0.238 e. The fourth-order valence-electron chi connectivity index (χ4n) is 26.7. The number of para-hydroxylation sites is 16. The van der Waals surface area contributed by atoms with Crippen LogP contribution in [-0.2, 0) is 16.2 Å². The van der Waals surface area contributed by atoms with Crippen LogP contribution in [0.5, 0.6) is 0 Å². The van der Waals surface area contributed by atoms with Crippen LogP contribution in [0.3, 0.4) is 0 Å². The number of nitrogens with zero attached hydrogens (tertiary/aromatic N) is 12. The molecule has 33 rings (SSSR count). The van der Waals surface area contributed by atoms with Crippen molar-refractivity contribution in [2.75, 3.05) is 19.6 Å². The molecule has 0 radical (unpaired) electrons. The monoisotopic (exact) mass is 1920 g/mol. The van der Waals surface area contributed by atoms with Crippen LogP contribution in [0.2, 0.25) is 0 Å². The van der Waals surface area contributed by atoms with Gasteiger partial charge in [0.2, 0.25) is 5.95 Å². The van der Waals surface area contributed by atoms with Crippen LogP contribution in [0.25, 0.3) is 182 Å². The fourth-order valence-corrected chi connectivity index (χ4v) is 26.7. The van der Waals surface area contributed by atoms with Gasteiger partial charge in [-0.05, 0) is 189 Å². The Morgan fingerprint density at radius 1 is 0.167 bits per heavy atom. The van der Waals surface area contributed by atoms with Crippen LogP contribution < -0.4 is 19.6 Å². The van der Waals surface area contributed by atoms with E-state index in [4.69, 9.17) is 15.0 Å². The smallest absolute Gasteiger partial charge is 0.238 e. The Kier molecular flexibility index (Phi) is 18.1. The van der Waals surface area contributed by atoms with Gasteiger partial charge in [-0.2, -0.15) is 9.97 Å². The Balaban J connectivity index is 0.000000102. The third-order valence-corrected chi connectivity index (χ3v) is 33.0. The van der Waals surface area contributed by atoms with Gasteiger partial charge in [0, 0.05) is 98.3 Å². The summed E-state index contributed by atoms with van der Waals surface area (Å²) < 4.78 is 12.6. The highest BCUT2D eigenvalue weighted by Crippen LogP contribution is 2.65. The average molecular weight is 1920 g/mol. The molecule has 0 saturated carbocycles. The van der Waals surface area contributed by atoms with Gasteiger partial charge in [-0.3, -0.25) is 4.90 Å². The molecule has 0 aliphatic carbocycles. The molecule has 6 aromatic heterocycles. The molecule has 150 heavy (non-hydrogen) atoms. The Labute approximate surface area is 866 Å². The summed E-state index contributed by atoms with van der Waals surface area (Å²) >= 11 is 0. The molecule has 0 bridgehead atoms. The topological polar surface area (TPSA) is 76.3 Å². The first-order valence-corrected chi connectivity index (χ1v) is 52.0. The summed E-state index contributed by atoms with van der Waals surface area (Å²) in [5, 5.41) is 12.8. The number of fused-ring (bicyclic) bond motifs is 30. The second-order valence-corrected chi connectivity index (χ2v) is 42.1. The van der Waals surface area contributed by atoms with Gasteiger partial charge in [-0.15, -0.1) is 0 Å². The number of aromatic nitrogens is 8. The second kappa shape index (κ2) is 31.9. The molecule has 0 saturated heterocycles. The van der Waals surface area contributed by atoms with E-state index in [9.17, 15) is 0 Å². The lowest BCUT2D eigenvalue weighted by molar-refractivity contribution is 0.636. The predicted octanol–water partition coefficient (Wildman–Crippen LogP) is 36.1. The minimum absolute atomic E-state index is 0.223. The molecular weight excluding hydrogens is 1830 g/mol. The van der Waals surface area contributed by atoms with E-state index in [0.29, 0.717) is 17.6 Å². The Morgan fingerprint density at radius 3 is 0.847 bits per heavy atom. The van der Waals surface area contributed by atoms with E-state index in [2.05, 4.69) is 521 Å². The van der Waals surface area contributed by atoms with Crippen molar-refractivity contribution in [2.45, 2.75) is 57.8 Å². The number of benzene rings is 21. The van der Waals surface area contributed by atoms with Crippen molar-refractivity contribution in [1.29, 1.82) is 0 Å². The Morgan fingerprint density at radius 2 is 0.440 bits per heavy atom. The van der Waals surface area contributed by atoms with Crippen molar-refractivity contribution in [2.24, 2.45) is 0 Å². The third-order valence-electron chi connectivity index (χ3n) is 33.0. The lowest BCUT2D eigenvalue weighted by Crippen LogP contribution is -2.31. The lowest BCUT2D eigenvalue weighted by atomic mass is 9.71. The summed E-state index contributed by atoms with van der Waals surface area (Å²) in [7, 11) is 0. The first-order chi connectivity index (χ1) is 73.8. The third kappa shape index (κ3) is 11.9. The highest BCUT2D eigenvalue weighted by Gasteiger charge is 2.47. The second-order valence-electron chi connectivity index (χ2n) is 42.1. The zero-order chi connectivity index (χ0) is 99.4. The van der Waals surface area contributed by atoms with Crippen LogP contribution in [0, 0.1) is 0 Å². The van der Waals surface area contributed by atoms with Gasteiger partial charge in [0.15, 0.2) is 11.6 Å². The summed E-state index contributed by atoms with van der Waals surface area (Å²) in [6, 6.07) is 172. The maximum atomic E-state index is 5.31. The molecule has 708 valence electrons. The summed E-state index contributed by atoms with van der Waals surface area (Å²) in [4.78, 5) is 25.4. The molecule has 6 aliphatic heterocycles. The zero-order valence-electron chi connectivity index (χ0n) is 83.4. The predicted molar refractivity (Wildman–Crippen MR) is 622 cm³/mol. The van der Waals surface area contributed by atoms with E-state index in [-0.39, 0.29) is 16.2 Å². The number of hydrogen-bond acceptors (Lipinski definition) is 7. The van der Waals surface area contributed by atoms with E-state index in [1.807, 2.05) is 36.4 Å². The van der Waals surface area contributed by atoms with E-state index in [1.165, 1.54) is 216 Å². The van der Waals surface area contributed by atoms with E-state index in [1.54, 1.807) is 0 Å². The standard InChI is InChI=1S/C51H35N3.C48H32N6.C39H29N3/c1-51(2)40-23-15-22-38-37-20-9-11-24-41(37)54(49(38)40)45-31-46-50-47(48(45)51)39-21-10-12-25-42(39)53(50)44-27-14-13-26-43(44)52(46)36-29-34(32-16-5-3-6-17-32)28-35(30-36)33-18-7-4-8-19-33;1-48(2)34-23-15-22-32-31-20-9-11-24-35(31)53(43(32)34)39-28-40-44-41(42(39)48)33-21-10-12-25-36(33)52(44)37-26-13-14-27-38(37)54(40)47-50-45(29-16-5-3-6-17-29)49-46(51-47)30-18-7-4-8-19-30;1-39(2)29-20-10-12-22-31(29)40(26-15-5-3-6-16-26)34-25-35-38-36(37(34)39)28-19-9-11-21-30(28)42(38)33-24-14-13-23-32(33)41(35)27-17-7-4-8-18-27/h3-31H,1-2H3;3-28H,1-2H3;3-25H,1-2H3.